The number of hydrogen-bond acceptors (Lipinski definition) is 11. The molecule has 10 nitrogen and oxygen atoms in total. The van der Waals surface area contributed by atoms with Crippen molar-refractivity contribution in [1.29, 1.82) is 0 Å². The second kappa shape index (κ2) is 11.8. The molecule has 0 spiro atoms. The van der Waals surface area contributed by atoms with Crippen LogP contribution in [0.25, 0.3) is 0 Å². The molecule has 2 N–H and O–H groups in total. The van der Waals surface area contributed by atoms with Crippen molar-refractivity contribution in [2.45, 2.75) is 39.7 Å². The third-order valence-electron chi connectivity index (χ3n) is 5.72. The summed E-state index contributed by atoms with van der Waals surface area (Å²) in [4.78, 5) is 40.4. The standard InChI is InChI=1S/C25H30N6O4S/c1-4-35-23(33)21-16(2)27-25(36-21)30-24-28-19(14-20(29-24)31-12-6-5-7-13-31)26-15-17-8-10-18(11-9-17)22(32)34-3/h8-11,14H,4-7,12-13,15H2,1-3H3,(H2,26,27,28,29,30). The minimum absolute atomic E-state index is 0.306. The molecule has 3 heterocycles. The molecule has 11 heteroatoms. The van der Waals surface area contributed by atoms with Gasteiger partial charge in [-0.2, -0.15) is 9.97 Å². The molecule has 0 amide bonds. The normalized spacial score (nSPS) is 13.2. The Hall–Kier alpha value is -3.73. The summed E-state index contributed by atoms with van der Waals surface area (Å²) in [6, 6.07) is 9.17. The smallest absolute Gasteiger partial charge is 0.350 e. The highest BCUT2D eigenvalue weighted by atomic mass is 32.1. The number of anilines is 4. The van der Waals surface area contributed by atoms with Gasteiger partial charge >= 0.3 is 11.9 Å². The van der Waals surface area contributed by atoms with E-state index in [1.54, 1.807) is 26.0 Å². The third-order valence-corrected chi connectivity index (χ3v) is 6.77. The van der Waals surface area contributed by atoms with Gasteiger partial charge in [-0.25, -0.2) is 14.6 Å². The summed E-state index contributed by atoms with van der Waals surface area (Å²) in [5, 5.41) is 7.05. The van der Waals surface area contributed by atoms with Crippen LogP contribution in [0.4, 0.5) is 22.7 Å². The van der Waals surface area contributed by atoms with Crippen molar-refractivity contribution in [3.05, 3.63) is 52.0 Å². The topological polar surface area (TPSA) is 119 Å². The number of ether oxygens (including phenoxy) is 2. The van der Waals surface area contributed by atoms with E-state index >= 15 is 0 Å². The lowest BCUT2D eigenvalue weighted by Crippen LogP contribution is -2.30. The number of esters is 2. The highest BCUT2D eigenvalue weighted by Crippen LogP contribution is 2.28. The van der Waals surface area contributed by atoms with Crippen LogP contribution in [-0.4, -0.2) is 53.7 Å². The van der Waals surface area contributed by atoms with Crippen LogP contribution in [0.2, 0.25) is 0 Å². The lowest BCUT2D eigenvalue weighted by Gasteiger charge is -2.28. The van der Waals surface area contributed by atoms with E-state index in [0.29, 0.717) is 46.2 Å². The molecule has 1 aliphatic rings. The van der Waals surface area contributed by atoms with Crippen LogP contribution >= 0.6 is 11.3 Å². The Labute approximate surface area is 214 Å². The lowest BCUT2D eigenvalue weighted by molar-refractivity contribution is 0.0529. The maximum Gasteiger partial charge on any atom is 0.350 e. The number of nitrogens with one attached hydrogen (secondary N) is 2. The van der Waals surface area contributed by atoms with Gasteiger partial charge in [0.15, 0.2) is 5.13 Å². The number of rotatable bonds is 9. The number of piperidine rings is 1. The molecule has 0 unspecified atom stereocenters. The van der Waals surface area contributed by atoms with Crippen LogP contribution in [0, 0.1) is 6.92 Å². The van der Waals surface area contributed by atoms with E-state index in [-0.39, 0.29) is 11.9 Å². The van der Waals surface area contributed by atoms with Gasteiger partial charge in [-0.3, -0.25) is 5.32 Å². The Morgan fingerprint density at radius 2 is 1.81 bits per heavy atom. The van der Waals surface area contributed by atoms with Crippen LogP contribution in [0.3, 0.4) is 0 Å². The van der Waals surface area contributed by atoms with Crippen molar-refractivity contribution in [2.75, 3.05) is 42.3 Å². The van der Waals surface area contributed by atoms with E-state index < -0.39 is 0 Å². The highest BCUT2D eigenvalue weighted by Gasteiger charge is 2.19. The van der Waals surface area contributed by atoms with Gasteiger partial charge in [0.25, 0.3) is 0 Å². The molecule has 0 atom stereocenters. The maximum absolute atomic E-state index is 12.2. The zero-order valence-electron chi connectivity index (χ0n) is 20.7. The quantitative estimate of drug-likeness (QED) is 0.397. The summed E-state index contributed by atoms with van der Waals surface area (Å²) in [5.74, 6) is 1.13. The second-order valence-electron chi connectivity index (χ2n) is 8.30. The molecule has 0 bridgehead atoms. The summed E-state index contributed by atoms with van der Waals surface area (Å²) < 4.78 is 9.88. The average molecular weight is 511 g/mol. The first-order chi connectivity index (χ1) is 17.5. The molecule has 1 aromatic carbocycles. The second-order valence-corrected chi connectivity index (χ2v) is 9.30. The summed E-state index contributed by atoms with van der Waals surface area (Å²) in [6.07, 6.45) is 3.46. The van der Waals surface area contributed by atoms with Gasteiger partial charge in [0, 0.05) is 25.7 Å². The van der Waals surface area contributed by atoms with Crippen molar-refractivity contribution in [1.82, 2.24) is 15.0 Å². The first-order valence-corrected chi connectivity index (χ1v) is 12.7. The molecule has 36 heavy (non-hydrogen) atoms. The van der Waals surface area contributed by atoms with Gasteiger partial charge in [0.2, 0.25) is 5.95 Å². The Morgan fingerprint density at radius 1 is 1.06 bits per heavy atom. The van der Waals surface area contributed by atoms with Crippen molar-refractivity contribution >= 4 is 46.0 Å². The molecule has 2 aromatic heterocycles. The minimum atomic E-state index is -0.385. The Bertz CT molecular complexity index is 1210. The van der Waals surface area contributed by atoms with E-state index in [4.69, 9.17) is 14.5 Å². The number of thiazole rings is 1. The monoisotopic (exact) mass is 510 g/mol. The average Bonchev–Trinajstić information content (AvgIpc) is 3.27. The Balaban J connectivity index is 1.54. The number of aryl methyl sites for hydroxylation is 1. The van der Waals surface area contributed by atoms with E-state index in [1.807, 2.05) is 18.2 Å². The third kappa shape index (κ3) is 6.28. The number of nitrogens with zero attached hydrogens (tertiary/aromatic N) is 4. The predicted octanol–water partition coefficient (Wildman–Crippen LogP) is 4.55. The number of carbonyl (C=O) groups excluding carboxylic acids is 2. The van der Waals surface area contributed by atoms with Crippen LogP contribution in [-0.2, 0) is 16.0 Å². The number of aromatic nitrogens is 3. The van der Waals surface area contributed by atoms with Gasteiger partial charge in [0.1, 0.15) is 16.5 Å². The molecule has 0 aliphatic carbocycles. The van der Waals surface area contributed by atoms with Crippen LogP contribution in [0.5, 0.6) is 0 Å². The first kappa shape index (κ1) is 25.4. The zero-order chi connectivity index (χ0) is 25.5. The van der Waals surface area contributed by atoms with Gasteiger partial charge in [-0.15, -0.1) is 0 Å². The largest absolute Gasteiger partial charge is 0.465 e. The van der Waals surface area contributed by atoms with Crippen LogP contribution in [0.15, 0.2) is 30.3 Å². The van der Waals surface area contributed by atoms with E-state index in [1.165, 1.54) is 24.9 Å². The Morgan fingerprint density at radius 3 is 2.50 bits per heavy atom. The number of carbonyl (C=O) groups is 2. The predicted molar refractivity (Wildman–Crippen MR) is 139 cm³/mol. The van der Waals surface area contributed by atoms with E-state index in [2.05, 4.69) is 25.5 Å². The molecule has 4 rings (SSSR count). The maximum atomic E-state index is 12.2. The van der Waals surface area contributed by atoms with Crippen molar-refractivity contribution < 1.29 is 19.1 Å². The minimum Gasteiger partial charge on any atom is -0.465 e. The molecule has 0 saturated carbocycles. The number of benzene rings is 1. The fraction of sp³-hybridized carbons (Fsp3) is 0.400. The van der Waals surface area contributed by atoms with Crippen molar-refractivity contribution in [3.63, 3.8) is 0 Å². The van der Waals surface area contributed by atoms with Gasteiger partial charge in [-0.05, 0) is 50.8 Å². The van der Waals surface area contributed by atoms with Crippen LogP contribution < -0.4 is 15.5 Å². The fourth-order valence-electron chi connectivity index (χ4n) is 3.87. The van der Waals surface area contributed by atoms with Crippen LogP contribution in [0.1, 0.15) is 57.5 Å². The number of hydrogen-bond donors (Lipinski definition) is 2. The summed E-state index contributed by atoms with van der Waals surface area (Å²) in [6.45, 7) is 6.25. The molecule has 1 saturated heterocycles. The SMILES string of the molecule is CCOC(=O)c1sc(Nc2nc(NCc3ccc(C(=O)OC)cc3)cc(N3CCCCC3)n2)nc1C. The van der Waals surface area contributed by atoms with Crippen molar-refractivity contribution in [2.24, 2.45) is 0 Å². The first-order valence-electron chi connectivity index (χ1n) is 11.9. The van der Waals surface area contributed by atoms with E-state index in [9.17, 15) is 9.59 Å². The van der Waals surface area contributed by atoms with Gasteiger partial charge in [-0.1, -0.05) is 23.5 Å². The molecular weight excluding hydrogens is 480 g/mol. The van der Waals surface area contributed by atoms with Crippen molar-refractivity contribution in [3.8, 4) is 0 Å². The molecule has 1 aliphatic heterocycles. The fourth-order valence-corrected chi connectivity index (χ4v) is 4.72. The molecule has 190 valence electrons. The van der Waals surface area contributed by atoms with Gasteiger partial charge < -0.3 is 19.7 Å². The Kier molecular flexibility index (Phi) is 8.32. The van der Waals surface area contributed by atoms with Gasteiger partial charge in [0.05, 0.1) is 25.0 Å². The molecule has 0 radical (unpaired) electrons. The molecule has 3 aromatic rings. The lowest BCUT2D eigenvalue weighted by atomic mass is 10.1. The summed E-state index contributed by atoms with van der Waals surface area (Å²) >= 11 is 1.22. The molecule has 1 fully saturated rings. The molecular formula is C25H30N6O4S. The highest BCUT2D eigenvalue weighted by molar-refractivity contribution is 7.17. The zero-order valence-corrected chi connectivity index (χ0v) is 21.5. The van der Waals surface area contributed by atoms with E-state index in [0.717, 1.165) is 37.3 Å². The summed E-state index contributed by atoms with van der Waals surface area (Å²) in [5.41, 5.74) is 2.09. The summed E-state index contributed by atoms with van der Waals surface area (Å²) in [7, 11) is 1.36. The number of methoxy groups -OCH3 is 1.